The number of carbonyl (C=O) groups is 2. The molecule has 2 atom stereocenters. The Morgan fingerprint density at radius 3 is 2.66 bits per heavy atom. The molecule has 3 aromatic rings. The molecule has 10 heteroatoms. The molecule has 1 aliphatic carbocycles. The molecular formula is C22H26N6O2S2. The molecule has 0 radical (unpaired) electrons. The normalized spacial score (nSPS) is 17.2. The number of carbonyl (C=O) groups excluding carboxylic acids is 2. The first-order chi connectivity index (χ1) is 15.4. The van der Waals surface area contributed by atoms with Gasteiger partial charge in [-0.25, -0.2) is 4.98 Å². The summed E-state index contributed by atoms with van der Waals surface area (Å²) in [6, 6.07) is 10.5. The van der Waals surface area contributed by atoms with Crippen LogP contribution in [0.15, 0.2) is 35.5 Å². The topological polar surface area (TPSA) is 93.0 Å². The third kappa shape index (κ3) is 4.71. The lowest BCUT2D eigenvalue weighted by molar-refractivity contribution is -0.113. The van der Waals surface area contributed by atoms with E-state index >= 15 is 0 Å². The average Bonchev–Trinajstić information content (AvgIpc) is 3.34. The zero-order valence-corrected chi connectivity index (χ0v) is 20.2. The lowest BCUT2D eigenvalue weighted by Crippen LogP contribution is -2.21. The van der Waals surface area contributed by atoms with Crippen molar-refractivity contribution in [3.05, 3.63) is 52.3 Å². The highest BCUT2D eigenvalue weighted by molar-refractivity contribution is 7.99. The van der Waals surface area contributed by atoms with Gasteiger partial charge in [-0.3, -0.25) is 9.59 Å². The smallest absolute Gasteiger partial charge is 0.265 e. The van der Waals surface area contributed by atoms with Gasteiger partial charge in [-0.1, -0.05) is 53.4 Å². The minimum Gasteiger partial charge on any atom is -0.344 e. The summed E-state index contributed by atoms with van der Waals surface area (Å²) in [6.07, 6.45) is 1.07. The molecule has 0 bridgehead atoms. The van der Waals surface area contributed by atoms with Crippen LogP contribution >= 0.6 is 23.1 Å². The zero-order valence-electron chi connectivity index (χ0n) is 18.5. The fraction of sp³-hybridized carbons (Fsp3) is 0.409. The van der Waals surface area contributed by atoms with Crippen molar-refractivity contribution in [2.75, 3.05) is 25.2 Å². The van der Waals surface area contributed by atoms with Gasteiger partial charge in [0.2, 0.25) is 5.91 Å². The Morgan fingerprint density at radius 1 is 1.22 bits per heavy atom. The quantitative estimate of drug-likeness (QED) is 0.504. The van der Waals surface area contributed by atoms with Crippen molar-refractivity contribution in [2.45, 2.75) is 43.8 Å². The Bertz CT molecular complexity index is 1120. The molecule has 32 heavy (non-hydrogen) atoms. The number of hydrogen-bond donors (Lipinski definition) is 1. The number of thiazole rings is 1. The maximum Gasteiger partial charge on any atom is 0.265 e. The van der Waals surface area contributed by atoms with Crippen LogP contribution < -0.4 is 5.32 Å². The van der Waals surface area contributed by atoms with Crippen LogP contribution in [0.3, 0.4) is 0 Å². The van der Waals surface area contributed by atoms with Crippen LogP contribution in [0.4, 0.5) is 5.13 Å². The first kappa shape index (κ1) is 22.5. The van der Waals surface area contributed by atoms with Crippen molar-refractivity contribution in [2.24, 2.45) is 0 Å². The highest BCUT2D eigenvalue weighted by atomic mass is 32.2. The first-order valence-corrected chi connectivity index (χ1v) is 12.3. The highest BCUT2D eigenvalue weighted by Crippen LogP contribution is 2.54. The van der Waals surface area contributed by atoms with Gasteiger partial charge in [0.1, 0.15) is 10.7 Å². The summed E-state index contributed by atoms with van der Waals surface area (Å²) in [5, 5.41) is 12.8. The third-order valence-electron chi connectivity index (χ3n) is 5.39. The molecule has 2 aromatic heterocycles. The summed E-state index contributed by atoms with van der Waals surface area (Å²) >= 11 is 2.55. The van der Waals surface area contributed by atoms with E-state index in [0.29, 0.717) is 27.5 Å². The molecule has 1 N–H and O–H groups in total. The Kier molecular flexibility index (Phi) is 6.61. The summed E-state index contributed by atoms with van der Waals surface area (Å²) in [7, 11) is 3.39. The molecule has 1 fully saturated rings. The number of nitrogens with zero attached hydrogens (tertiary/aromatic N) is 5. The SMILES string of the molecule is CCn1c(SCC(=O)Nc2nc(C)c(C(=O)N(C)C)s2)nnc1C1CC1c1ccccc1. The number of hydrogen-bond acceptors (Lipinski definition) is 7. The monoisotopic (exact) mass is 470 g/mol. The fourth-order valence-corrected chi connectivity index (χ4v) is 5.48. The lowest BCUT2D eigenvalue weighted by Gasteiger charge is -2.08. The predicted molar refractivity (Wildman–Crippen MR) is 126 cm³/mol. The summed E-state index contributed by atoms with van der Waals surface area (Å²) in [4.78, 5) is 31.0. The summed E-state index contributed by atoms with van der Waals surface area (Å²) in [6.45, 7) is 4.59. The summed E-state index contributed by atoms with van der Waals surface area (Å²) in [5.41, 5.74) is 1.95. The van der Waals surface area contributed by atoms with Crippen LogP contribution in [0.5, 0.6) is 0 Å². The molecule has 2 amide bonds. The van der Waals surface area contributed by atoms with Gasteiger partial charge in [0, 0.05) is 26.6 Å². The third-order valence-corrected chi connectivity index (χ3v) is 7.41. The maximum atomic E-state index is 12.5. The Morgan fingerprint density at radius 2 is 1.97 bits per heavy atom. The summed E-state index contributed by atoms with van der Waals surface area (Å²) < 4.78 is 2.10. The van der Waals surface area contributed by atoms with E-state index in [0.717, 1.165) is 23.9 Å². The van der Waals surface area contributed by atoms with Crippen molar-refractivity contribution in [3.63, 3.8) is 0 Å². The Balaban J connectivity index is 1.37. The zero-order chi connectivity index (χ0) is 22.8. The molecular weight excluding hydrogens is 444 g/mol. The van der Waals surface area contributed by atoms with Crippen LogP contribution in [0, 0.1) is 6.92 Å². The van der Waals surface area contributed by atoms with Gasteiger partial charge in [-0.2, -0.15) is 0 Å². The van der Waals surface area contributed by atoms with E-state index in [4.69, 9.17) is 0 Å². The van der Waals surface area contributed by atoms with E-state index in [1.54, 1.807) is 21.0 Å². The second-order valence-corrected chi connectivity index (χ2v) is 9.86. The average molecular weight is 471 g/mol. The van der Waals surface area contributed by atoms with Gasteiger partial charge in [-0.05, 0) is 31.7 Å². The van der Waals surface area contributed by atoms with Gasteiger partial charge >= 0.3 is 0 Å². The molecule has 0 aliphatic heterocycles. The molecule has 0 spiro atoms. The Labute approximate surface area is 195 Å². The second-order valence-electron chi connectivity index (χ2n) is 7.91. The molecule has 4 rings (SSSR count). The molecule has 1 aromatic carbocycles. The number of amides is 2. The number of thioether (sulfide) groups is 1. The largest absolute Gasteiger partial charge is 0.344 e. The van der Waals surface area contributed by atoms with Gasteiger partial charge in [-0.15, -0.1) is 10.2 Å². The molecule has 2 heterocycles. The van der Waals surface area contributed by atoms with Crippen LogP contribution in [-0.2, 0) is 11.3 Å². The van der Waals surface area contributed by atoms with E-state index < -0.39 is 0 Å². The number of aromatic nitrogens is 4. The lowest BCUT2D eigenvalue weighted by atomic mass is 10.1. The summed E-state index contributed by atoms with van der Waals surface area (Å²) in [5.74, 6) is 1.74. The molecule has 1 aliphatic rings. The van der Waals surface area contributed by atoms with Crippen molar-refractivity contribution < 1.29 is 9.59 Å². The number of rotatable bonds is 8. The van der Waals surface area contributed by atoms with Gasteiger partial charge < -0.3 is 14.8 Å². The minimum atomic E-state index is -0.187. The molecule has 1 saturated carbocycles. The van der Waals surface area contributed by atoms with E-state index in [2.05, 4.69) is 56.3 Å². The number of nitrogens with one attached hydrogen (secondary N) is 1. The van der Waals surface area contributed by atoms with Crippen LogP contribution in [-0.4, -0.2) is 56.3 Å². The predicted octanol–water partition coefficient (Wildman–Crippen LogP) is 3.77. The van der Waals surface area contributed by atoms with Crippen molar-refractivity contribution in [3.8, 4) is 0 Å². The minimum absolute atomic E-state index is 0.118. The molecule has 2 unspecified atom stereocenters. The number of benzene rings is 1. The highest BCUT2D eigenvalue weighted by Gasteiger charge is 2.43. The van der Waals surface area contributed by atoms with Crippen molar-refractivity contribution in [1.29, 1.82) is 0 Å². The molecule has 0 saturated heterocycles. The van der Waals surface area contributed by atoms with E-state index in [-0.39, 0.29) is 17.6 Å². The number of anilines is 1. The van der Waals surface area contributed by atoms with Gasteiger partial charge in [0.15, 0.2) is 10.3 Å². The van der Waals surface area contributed by atoms with E-state index in [1.165, 1.54) is 33.6 Å². The van der Waals surface area contributed by atoms with Crippen molar-refractivity contribution in [1.82, 2.24) is 24.6 Å². The standard InChI is InChI=1S/C22H26N6O2S2/c1-5-28-19(16-11-15(16)14-9-7-6-8-10-14)25-26-22(28)31-12-17(29)24-21-23-13(2)18(32-21)20(30)27(3)4/h6-10,15-16H,5,11-12H2,1-4H3,(H,23,24,29). The molecule has 168 valence electrons. The number of aryl methyl sites for hydroxylation is 1. The van der Waals surface area contributed by atoms with Crippen LogP contribution in [0.1, 0.15) is 51.9 Å². The van der Waals surface area contributed by atoms with Gasteiger partial charge in [0.25, 0.3) is 5.91 Å². The fourth-order valence-electron chi connectivity index (χ4n) is 3.66. The Hall–Kier alpha value is -2.72. The first-order valence-electron chi connectivity index (χ1n) is 10.5. The van der Waals surface area contributed by atoms with E-state index in [9.17, 15) is 9.59 Å². The van der Waals surface area contributed by atoms with Crippen molar-refractivity contribution >= 4 is 40.0 Å². The maximum absolute atomic E-state index is 12.5. The molecule has 8 nitrogen and oxygen atoms in total. The second kappa shape index (κ2) is 9.41. The van der Waals surface area contributed by atoms with Crippen LogP contribution in [0.25, 0.3) is 0 Å². The van der Waals surface area contributed by atoms with E-state index in [1.807, 2.05) is 6.07 Å². The van der Waals surface area contributed by atoms with Crippen LogP contribution in [0.2, 0.25) is 0 Å². The van der Waals surface area contributed by atoms with Gasteiger partial charge in [0.05, 0.1) is 11.4 Å².